The monoisotopic (exact) mass is 383 g/mol. The normalized spacial score (nSPS) is 15.8. The molecule has 1 fully saturated rings. The van der Waals surface area contributed by atoms with Crippen molar-refractivity contribution in [1.29, 1.82) is 0 Å². The Bertz CT molecular complexity index is 1220. The fourth-order valence-corrected chi connectivity index (χ4v) is 4.75. The van der Waals surface area contributed by atoms with Crippen LogP contribution in [0.1, 0.15) is 24.6 Å². The summed E-state index contributed by atoms with van der Waals surface area (Å²) in [7, 11) is 0. The molecule has 0 radical (unpaired) electrons. The van der Waals surface area contributed by atoms with Crippen molar-refractivity contribution in [2.75, 3.05) is 13.1 Å². The third-order valence-corrected chi connectivity index (χ3v) is 6.24. The Kier molecular flexibility index (Phi) is 3.84. The summed E-state index contributed by atoms with van der Waals surface area (Å²) in [6, 6.07) is 3.51. The molecule has 4 aromatic heterocycles. The van der Waals surface area contributed by atoms with Crippen molar-refractivity contribution in [3.8, 4) is 10.4 Å². The summed E-state index contributed by atoms with van der Waals surface area (Å²) in [5.41, 5.74) is 2.43. The van der Waals surface area contributed by atoms with E-state index in [9.17, 15) is 9.18 Å². The summed E-state index contributed by atoms with van der Waals surface area (Å²) in [6.45, 7) is 3.65. The quantitative estimate of drug-likeness (QED) is 0.578. The van der Waals surface area contributed by atoms with E-state index >= 15 is 0 Å². The van der Waals surface area contributed by atoms with E-state index in [1.54, 1.807) is 21.5 Å². The number of thiophene rings is 1. The minimum absolute atomic E-state index is 0.0109. The Morgan fingerprint density at radius 3 is 2.89 bits per heavy atom. The Balaban J connectivity index is 1.62. The van der Waals surface area contributed by atoms with Crippen LogP contribution in [0.2, 0.25) is 0 Å². The number of pyridine rings is 1. The third-order valence-electron chi connectivity index (χ3n) is 5.08. The number of hydrogen-bond donors (Lipinski definition) is 1. The molecule has 1 aliphatic heterocycles. The number of rotatable bonds is 2. The molecule has 1 saturated heterocycles. The maximum absolute atomic E-state index is 14.4. The lowest BCUT2D eigenvalue weighted by molar-refractivity contribution is 0.359. The summed E-state index contributed by atoms with van der Waals surface area (Å²) < 4.78 is 18.5. The first kappa shape index (κ1) is 16.6. The highest BCUT2D eigenvalue weighted by atomic mass is 32.1. The predicted molar refractivity (Wildman–Crippen MR) is 104 cm³/mol. The highest BCUT2D eigenvalue weighted by molar-refractivity contribution is 7.22. The maximum Gasteiger partial charge on any atom is 0.271 e. The van der Waals surface area contributed by atoms with Crippen LogP contribution in [-0.2, 0) is 0 Å². The van der Waals surface area contributed by atoms with Gasteiger partial charge in [0.1, 0.15) is 4.70 Å². The van der Waals surface area contributed by atoms with Crippen molar-refractivity contribution in [3.63, 3.8) is 0 Å². The lowest BCUT2D eigenvalue weighted by Crippen LogP contribution is -2.34. The van der Waals surface area contributed by atoms with Gasteiger partial charge in [0, 0.05) is 28.9 Å². The first-order valence-electron chi connectivity index (χ1n) is 8.97. The SMILES string of the molecule is Cc1cn2cc(-c3cc4ncn(C5CCNCC5)c(=O)c4s3)cc(F)c2n1. The van der Waals surface area contributed by atoms with Crippen LogP contribution in [0.15, 0.2) is 35.6 Å². The van der Waals surface area contributed by atoms with E-state index in [1.807, 2.05) is 19.2 Å². The van der Waals surface area contributed by atoms with Crippen molar-refractivity contribution < 1.29 is 4.39 Å². The molecule has 0 amide bonds. The van der Waals surface area contributed by atoms with Crippen LogP contribution < -0.4 is 10.9 Å². The number of aromatic nitrogens is 4. The molecule has 0 aliphatic carbocycles. The van der Waals surface area contributed by atoms with E-state index in [-0.39, 0.29) is 17.4 Å². The number of halogens is 1. The number of aryl methyl sites for hydroxylation is 1. The molecule has 5 heterocycles. The van der Waals surface area contributed by atoms with Crippen LogP contribution >= 0.6 is 11.3 Å². The number of nitrogens with one attached hydrogen (secondary N) is 1. The van der Waals surface area contributed by atoms with Gasteiger partial charge in [-0.15, -0.1) is 11.3 Å². The lowest BCUT2D eigenvalue weighted by Gasteiger charge is -2.24. The zero-order valence-corrected chi connectivity index (χ0v) is 15.6. The van der Waals surface area contributed by atoms with Gasteiger partial charge in [-0.2, -0.15) is 0 Å². The number of nitrogens with zero attached hydrogens (tertiary/aromatic N) is 4. The predicted octanol–water partition coefficient (Wildman–Crippen LogP) is 3.14. The average Bonchev–Trinajstić information content (AvgIpc) is 3.26. The Labute approximate surface area is 158 Å². The van der Waals surface area contributed by atoms with E-state index < -0.39 is 0 Å². The molecule has 138 valence electrons. The first-order chi connectivity index (χ1) is 13.1. The van der Waals surface area contributed by atoms with Gasteiger partial charge >= 0.3 is 0 Å². The van der Waals surface area contributed by atoms with Crippen molar-refractivity contribution >= 4 is 27.2 Å². The standard InChI is InChI=1S/C19H18FN5OS/c1-11-8-24-9-12(6-14(20)18(24)23-11)16-7-15-17(27-16)19(26)25(10-22-15)13-2-4-21-5-3-13/h6-10,13,21H,2-5H2,1H3. The van der Waals surface area contributed by atoms with Crippen LogP contribution in [0.4, 0.5) is 4.39 Å². The maximum atomic E-state index is 14.4. The van der Waals surface area contributed by atoms with E-state index in [0.29, 0.717) is 21.4 Å². The molecule has 0 saturated carbocycles. The molecule has 0 atom stereocenters. The van der Waals surface area contributed by atoms with Crippen LogP contribution in [0, 0.1) is 12.7 Å². The smallest absolute Gasteiger partial charge is 0.271 e. The number of imidazole rings is 1. The van der Waals surface area contributed by atoms with Gasteiger partial charge in [-0.25, -0.2) is 14.4 Å². The number of hydrogen-bond acceptors (Lipinski definition) is 5. The van der Waals surface area contributed by atoms with Crippen molar-refractivity contribution in [1.82, 2.24) is 24.3 Å². The Hall–Kier alpha value is -2.58. The van der Waals surface area contributed by atoms with Gasteiger partial charge in [0.25, 0.3) is 5.56 Å². The molecule has 0 spiro atoms. The zero-order chi connectivity index (χ0) is 18.5. The second-order valence-electron chi connectivity index (χ2n) is 6.95. The second-order valence-corrected chi connectivity index (χ2v) is 8.01. The lowest BCUT2D eigenvalue weighted by atomic mass is 10.1. The minimum atomic E-state index is -0.377. The first-order valence-corrected chi connectivity index (χ1v) is 9.78. The third kappa shape index (κ3) is 2.76. The topological polar surface area (TPSA) is 64.2 Å². The van der Waals surface area contributed by atoms with Gasteiger partial charge in [-0.1, -0.05) is 0 Å². The molecule has 4 aromatic rings. The Morgan fingerprint density at radius 2 is 2.07 bits per heavy atom. The van der Waals surface area contributed by atoms with Crippen LogP contribution in [0.3, 0.4) is 0 Å². The summed E-state index contributed by atoms with van der Waals surface area (Å²) in [6.07, 6.45) is 7.13. The van der Waals surface area contributed by atoms with Crippen LogP contribution in [0.5, 0.6) is 0 Å². The summed E-state index contributed by atoms with van der Waals surface area (Å²) in [4.78, 5) is 22.5. The number of fused-ring (bicyclic) bond motifs is 2. The van der Waals surface area contributed by atoms with Gasteiger partial charge in [0.15, 0.2) is 11.5 Å². The second kappa shape index (κ2) is 6.24. The van der Waals surface area contributed by atoms with Crippen LogP contribution in [-0.4, -0.2) is 32.0 Å². The van der Waals surface area contributed by atoms with Gasteiger partial charge in [0.05, 0.1) is 17.5 Å². The van der Waals surface area contributed by atoms with Crippen molar-refractivity contribution in [2.24, 2.45) is 0 Å². The molecular weight excluding hydrogens is 365 g/mol. The fourth-order valence-electron chi connectivity index (χ4n) is 3.73. The van der Waals surface area contributed by atoms with E-state index in [4.69, 9.17) is 0 Å². The molecule has 8 heteroatoms. The van der Waals surface area contributed by atoms with E-state index in [0.717, 1.165) is 36.5 Å². The molecule has 1 aliphatic rings. The highest BCUT2D eigenvalue weighted by Gasteiger charge is 2.19. The Morgan fingerprint density at radius 1 is 1.26 bits per heavy atom. The zero-order valence-electron chi connectivity index (χ0n) is 14.8. The van der Waals surface area contributed by atoms with E-state index in [1.165, 1.54) is 17.4 Å². The molecule has 6 nitrogen and oxygen atoms in total. The summed E-state index contributed by atoms with van der Waals surface area (Å²) in [5.74, 6) is -0.377. The van der Waals surface area contributed by atoms with Gasteiger partial charge in [-0.3, -0.25) is 9.36 Å². The van der Waals surface area contributed by atoms with Crippen molar-refractivity contribution in [2.45, 2.75) is 25.8 Å². The molecule has 0 aromatic carbocycles. The van der Waals surface area contributed by atoms with Gasteiger partial charge in [-0.05, 0) is 45.0 Å². The highest BCUT2D eigenvalue weighted by Crippen LogP contribution is 2.32. The van der Waals surface area contributed by atoms with Crippen LogP contribution in [0.25, 0.3) is 26.3 Å². The minimum Gasteiger partial charge on any atom is -0.317 e. The van der Waals surface area contributed by atoms with Gasteiger partial charge < -0.3 is 9.72 Å². The molecule has 0 unspecified atom stereocenters. The average molecular weight is 383 g/mol. The summed E-state index contributed by atoms with van der Waals surface area (Å²) in [5, 5.41) is 3.31. The molecule has 0 bridgehead atoms. The van der Waals surface area contributed by atoms with E-state index in [2.05, 4.69) is 15.3 Å². The largest absolute Gasteiger partial charge is 0.317 e. The molecule has 1 N–H and O–H groups in total. The number of piperidine rings is 1. The molecule has 5 rings (SSSR count). The molecular formula is C19H18FN5OS. The van der Waals surface area contributed by atoms with Crippen molar-refractivity contribution in [3.05, 3.63) is 52.7 Å². The fraction of sp³-hybridized carbons (Fsp3) is 0.316. The molecule has 27 heavy (non-hydrogen) atoms. The summed E-state index contributed by atoms with van der Waals surface area (Å²) >= 11 is 1.37. The van der Waals surface area contributed by atoms with Gasteiger partial charge in [0.2, 0.25) is 0 Å².